The van der Waals surface area contributed by atoms with E-state index in [2.05, 4.69) is 20.3 Å². The number of nitrogens with zero attached hydrogens (tertiary/aromatic N) is 2. The number of aryl methyl sites for hydroxylation is 1. The Morgan fingerprint density at radius 1 is 1.45 bits per heavy atom. The number of imidazole rings is 1. The summed E-state index contributed by atoms with van der Waals surface area (Å²) in [7, 11) is 0. The molecule has 5 nitrogen and oxygen atoms in total. The number of thiazole rings is 1. The number of amides is 1. The molecule has 1 aromatic carbocycles. The van der Waals surface area contributed by atoms with Gasteiger partial charge in [-0.2, -0.15) is 0 Å². The molecule has 3 aromatic rings. The van der Waals surface area contributed by atoms with Crippen LogP contribution in [0.5, 0.6) is 0 Å². The van der Waals surface area contributed by atoms with Crippen LogP contribution in [0.3, 0.4) is 0 Å². The Hall–Kier alpha value is -2.21. The topological polar surface area (TPSA) is 70.7 Å². The molecule has 0 aliphatic heterocycles. The van der Waals surface area contributed by atoms with E-state index < -0.39 is 0 Å². The fourth-order valence-electron chi connectivity index (χ4n) is 1.98. The maximum atomic E-state index is 12.0. The molecular formula is C14H14N4OS. The van der Waals surface area contributed by atoms with Crippen molar-refractivity contribution in [3.8, 4) is 0 Å². The minimum atomic E-state index is -0.0743. The molecule has 0 aliphatic rings. The predicted octanol–water partition coefficient (Wildman–Crippen LogP) is 2.30. The Morgan fingerprint density at radius 2 is 2.35 bits per heavy atom. The lowest BCUT2D eigenvalue weighted by Gasteiger charge is -2.04. The van der Waals surface area contributed by atoms with E-state index in [0.29, 0.717) is 12.1 Å². The quantitative estimate of drug-likeness (QED) is 0.773. The zero-order valence-corrected chi connectivity index (χ0v) is 11.8. The molecule has 0 unspecified atom stereocenters. The molecule has 2 aromatic heterocycles. The van der Waals surface area contributed by atoms with E-state index >= 15 is 0 Å². The van der Waals surface area contributed by atoms with Crippen molar-refractivity contribution in [3.63, 3.8) is 0 Å². The maximum Gasteiger partial charge on any atom is 0.251 e. The number of fused-ring (bicyclic) bond motifs is 1. The largest absolute Gasteiger partial charge is 0.352 e. The fourth-order valence-corrected chi connectivity index (χ4v) is 2.76. The van der Waals surface area contributed by atoms with Crippen LogP contribution in [0.4, 0.5) is 0 Å². The predicted molar refractivity (Wildman–Crippen MR) is 79.0 cm³/mol. The van der Waals surface area contributed by atoms with Gasteiger partial charge in [0.1, 0.15) is 0 Å². The molecular weight excluding hydrogens is 272 g/mol. The summed E-state index contributed by atoms with van der Waals surface area (Å²) >= 11 is 1.62. The Balaban J connectivity index is 1.61. The second kappa shape index (κ2) is 5.42. The molecule has 0 saturated heterocycles. The smallest absolute Gasteiger partial charge is 0.251 e. The highest BCUT2D eigenvalue weighted by Gasteiger charge is 2.07. The van der Waals surface area contributed by atoms with Gasteiger partial charge >= 0.3 is 0 Å². The van der Waals surface area contributed by atoms with Gasteiger partial charge in [0.25, 0.3) is 5.91 Å². The molecule has 0 spiro atoms. The molecule has 3 rings (SSSR count). The Labute approximate surface area is 120 Å². The third-order valence-electron chi connectivity index (χ3n) is 2.97. The summed E-state index contributed by atoms with van der Waals surface area (Å²) in [5.74, 6) is -0.0743. The van der Waals surface area contributed by atoms with Crippen LogP contribution in [0.2, 0.25) is 0 Å². The number of benzene rings is 1. The molecule has 0 aliphatic carbocycles. The Kier molecular flexibility index (Phi) is 3.47. The van der Waals surface area contributed by atoms with Crippen LogP contribution in [0.25, 0.3) is 11.0 Å². The van der Waals surface area contributed by atoms with Gasteiger partial charge in [0.05, 0.1) is 22.4 Å². The van der Waals surface area contributed by atoms with Crippen LogP contribution in [-0.4, -0.2) is 27.4 Å². The van der Waals surface area contributed by atoms with Crippen molar-refractivity contribution in [3.05, 3.63) is 46.2 Å². The molecule has 0 atom stereocenters. The van der Waals surface area contributed by atoms with Crippen LogP contribution < -0.4 is 5.32 Å². The van der Waals surface area contributed by atoms with E-state index in [9.17, 15) is 4.79 Å². The van der Waals surface area contributed by atoms with E-state index in [1.807, 2.05) is 24.4 Å². The molecule has 20 heavy (non-hydrogen) atoms. The Bertz CT molecular complexity index is 746. The first-order valence-electron chi connectivity index (χ1n) is 6.35. The molecule has 1 amide bonds. The van der Waals surface area contributed by atoms with Crippen molar-refractivity contribution in [2.24, 2.45) is 0 Å². The molecule has 6 heteroatoms. The SMILES string of the molecule is Cc1csc(CCNC(=O)c2ccc3nc[nH]c3c2)n1. The van der Waals surface area contributed by atoms with E-state index in [1.165, 1.54) is 0 Å². The van der Waals surface area contributed by atoms with Crippen molar-refractivity contribution >= 4 is 28.3 Å². The summed E-state index contributed by atoms with van der Waals surface area (Å²) in [5, 5.41) is 5.97. The number of hydrogen-bond donors (Lipinski definition) is 2. The number of aromatic amines is 1. The van der Waals surface area contributed by atoms with Crippen LogP contribution in [0, 0.1) is 6.92 Å². The summed E-state index contributed by atoms with van der Waals surface area (Å²) < 4.78 is 0. The molecule has 102 valence electrons. The van der Waals surface area contributed by atoms with E-state index in [0.717, 1.165) is 28.2 Å². The number of carbonyl (C=O) groups excluding carboxylic acids is 1. The zero-order valence-electron chi connectivity index (χ0n) is 11.0. The number of carbonyl (C=O) groups is 1. The molecule has 0 bridgehead atoms. The normalized spacial score (nSPS) is 10.8. The molecule has 0 fully saturated rings. The lowest BCUT2D eigenvalue weighted by molar-refractivity contribution is 0.0954. The van der Waals surface area contributed by atoms with Gasteiger partial charge in [-0.05, 0) is 25.1 Å². The number of nitrogens with one attached hydrogen (secondary N) is 2. The molecule has 2 N–H and O–H groups in total. The van der Waals surface area contributed by atoms with E-state index in [-0.39, 0.29) is 5.91 Å². The first kappa shape index (κ1) is 12.8. The minimum absolute atomic E-state index is 0.0743. The van der Waals surface area contributed by atoms with Gasteiger partial charge in [-0.3, -0.25) is 4.79 Å². The third kappa shape index (κ3) is 2.70. The second-order valence-corrected chi connectivity index (χ2v) is 5.47. The number of H-pyrrole nitrogens is 1. The first-order chi connectivity index (χ1) is 9.72. The van der Waals surface area contributed by atoms with Gasteiger partial charge in [-0.15, -0.1) is 11.3 Å². The minimum Gasteiger partial charge on any atom is -0.352 e. The van der Waals surface area contributed by atoms with Crippen LogP contribution in [-0.2, 0) is 6.42 Å². The lowest BCUT2D eigenvalue weighted by Crippen LogP contribution is -2.25. The van der Waals surface area contributed by atoms with Crippen molar-refractivity contribution in [1.29, 1.82) is 0 Å². The van der Waals surface area contributed by atoms with Gasteiger partial charge in [0.2, 0.25) is 0 Å². The summed E-state index contributed by atoms with van der Waals surface area (Å²) in [5.41, 5.74) is 3.39. The molecule has 2 heterocycles. The van der Waals surface area contributed by atoms with Crippen molar-refractivity contribution in [2.75, 3.05) is 6.54 Å². The summed E-state index contributed by atoms with van der Waals surface area (Å²) in [6.07, 6.45) is 2.38. The Morgan fingerprint density at radius 3 is 3.15 bits per heavy atom. The molecule has 0 saturated carbocycles. The number of rotatable bonds is 4. The zero-order chi connectivity index (χ0) is 13.9. The lowest BCUT2D eigenvalue weighted by atomic mass is 10.2. The van der Waals surface area contributed by atoms with Gasteiger partial charge in [0.15, 0.2) is 0 Å². The van der Waals surface area contributed by atoms with Crippen molar-refractivity contribution in [1.82, 2.24) is 20.3 Å². The number of hydrogen-bond acceptors (Lipinski definition) is 4. The summed E-state index contributed by atoms with van der Waals surface area (Å²) in [6, 6.07) is 5.43. The maximum absolute atomic E-state index is 12.0. The van der Waals surface area contributed by atoms with Gasteiger partial charge in [0, 0.05) is 29.6 Å². The van der Waals surface area contributed by atoms with Crippen molar-refractivity contribution in [2.45, 2.75) is 13.3 Å². The average Bonchev–Trinajstić information content (AvgIpc) is 3.06. The van der Waals surface area contributed by atoms with Gasteiger partial charge in [-0.25, -0.2) is 9.97 Å². The monoisotopic (exact) mass is 286 g/mol. The fraction of sp³-hybridized carbons (Fsp3) is 0.214. The third-order valence-corrected chi connectivity index (χ3v) is 4.00. The highest BCUT2D eigenvalue weighted by atomic mass is 32.1. The first-order valence-corrected chi connectivity index (χ1v) is 7.23. The highest BCUT2D eigenvalue weighted by Crippen LogP contribution is 2.12. The van der Waals surface area contributed by atoms with E-state index in [1.54, 1.807) is 23.7 Å². The van der Waals surface area contributed by atoms with Gasteiger partial charge < -0.3 is 10.3 Å². The van der Waals surface area contributed by atoms with Crippen LogP contribution in [0.1, 0.15) is 21.1 Å². The van der Waals surface area contributed by atoms with Crippen LogP contribution >= 0.6 is 11.3 Å². The van der Waals surface area contributed by atoms with Crippen LogP contribution in [0.15, 0.2) is 29.9 Å². The summed E-state index contributed by atoms with van der Waals surface area (Å²) in [6.45, 7) is 2.56. The number of aromatic nitrogens is 3. The average molecular weight is 286 g/mol. The van der Waals surface area contributed by atoms with Gasteiger partial charge in [-0.1, -0.05) is 0 Å². The molecule has 0 radical (unpaired) electrons. The highest BCUT2D eigenvalue weighted by molar-refractivity contribution is 7.09. The standard InChI is InChI=1S/C14H14N4OS/c1-9-7-20-13(18-9)4-5-15-14(19)10-2-3-11-12(6-10)17-8-16-11/h2-3,6-8H,4-5H2,1H3,(H,15,19)(H,16,17). The van der Waals surface area contributed by atoms with E-state index in [4.69, 9.17) is 0 Å². The summed E-state index contributed by atoms with van der Waals surface area (Å²) in [4.78, 5) is 23.5. The van der Waals surface area contributed by atoms with Crippen molar-refractivity contribution < 1.29 is 4.79 Å². The second-order valence-electron chi connectivity index (χ2n) is 4.52.